The van der Waals surface area contributed by atoms with Crippen molar-refractivity contribution >= 4 is 0 Å². The molecule has 1 aromatic rings. The highest BCUT2D eigenvalue weighted by atomic mass is 16.6. The summed E-state index contributed by atoms with van der Waals surface area (Å²) in [6, 6.07) is 10.2. The zero-order valence-corrected chi connectivity index (χ0v) is 7.12. The normalized spacial score (nSPS) is 27.1. The van der Waals surface area contributed by atoms with Crippen LogP contribution in [0.2, 0.25) is 0 Å². The third kappa shape index (κ3) is 1.24. The Labute approximate surface area is 72.1 Å². The van der Waals surface area contributed by atoms with Gasteiger partial charge in [-0.25, -0.2) is 0 Å². The van der Waals surface area contributed by atoms with Gasteiger partial charge in [-0.3, -0.25) is 0 Å². The Morgan fingerprint density at radius 3 is 2.58 bits per heavy atom. The molecule has 64 valence electrons. The van der Waals surface area contributed by atoms with Crippen molar-refractivity contribution in [1.82, 2.24) is 0 Å². The molecule has 1 heterocycles. The van der Waals surface area contributed by atoms with E-state index >= 15 is 0 Å². The SMILES string of the molecule is COC[C@@]1(c2ccccc2)CO1. The lowest BCUT2D eigenvalue weighted by molar-refractivity contribution is 0.120. The molecule has 1 saturated heterocycles. The first-order chi connectivity index (χ1) is 5.87. The predicted molar refractivity (Wildman–Crippen MR) is 45.9 cm³/mol. The van der Waals surface area contributed by atoms with Crippen molar-refractivity contribution in [3.8, 4) is 0 Å². The Kier molecular flexibility index (Phi) is 1.87. The quantitative estimate of drug-likeness (QED) is 0.632. The second-order valence-corrected chi connectivity index (χ2v) is 3.08. The van der Waals surface area contributed by atoms with Crippen LogP contribution < -0.4 is 0 Å². The van der Waals surface area contributed by atoms with Gasteiger partial charge in [-0.1, -0.05) is 30.3 Å². The van der Waals surface area contributed by atoms with E-state index in [2.05, 4.69) is 12.1 Å². The van der Waals surface area contributed by atoms with Gasteiger partial charge in [0.15, 0.2) is 0 Å². The number of rotatable bonds is 3. The van der Waals surface area contributed by atoms with E-state index in [0.717, 1.165) is 6.61 Å². The monoisotopic (exact) mass is 164 g/mol. The third-order valence-electron chi connectivity index (χ3n) is 2.17. The minimum atomic E-state index is -0.129. The first-order valence-electron chi connectivity index (χ1n) is 4.06. The Bertz CT molecular complexity index is 252. The second kappa shape index (κ2) is 2.88. The summed E-state index contributed by atoms with van der Waals surface area (Å²) in [4.78, 5) is 0. The molecule has 12 heavy (non-hydrogen) atoms. The van der Waals surface area contributed by atoms with Gasteiger partial charge in [0, 0.05) is 7.11 Å². The molecular formula is C10H12O2. The maximum atomic E-state index is 5.40. The molecule has 1 aliphatic heterocycles. The van der Waals surface area contributed by atoms with Gasteiger partial charge in [0.2, 0.25) is 0 Å². The van der Waals surface area contributed by atoms with Crippen LogP contribution in [0.3, 0.4) is 0 Å². The topological polar surface area (TPSA) is 21.8 Å². The molecule has 0 spiro atoms. The third-order valence-corrected chi connectivity index (χ3v) is 2.17. The van der Waals surface area contributed by atoms with Crippen LogP contribution in [0.4, 0.5) is 0 Å². The molecule has 2 heteroatoms. The number of benzene rings is 1. The van der Waals surface area contributed by atoms with Crippen LogP contribution in [0.15, 0.2) is 30.3 Å². The lowest BCUT2D eigenvalue weighted by Gasteiger charge is -2.09. The Morgan fingerprint density at radius 1 is 1.42 bits per heavy atom. The number of epoxide rings is 1. The molecule has 0 bridgehead atoms. The largest absolute Gasteiger partial charge is 0.381 e. The van der Waals surface area contributed by atoms with E-state index in [4.69, 9.17) is 9.47 Å². The van der Waals surface area contributed by atoms with Gasteiger partial charge in [-0.15, -0.1) is 0 Å². The van der Waals surface area contributed by atoms with Crippen LogP contribution in [0.1, 0.15) is 5.56 Å². The summed E-state index contributed by atoms with van der Waals surface area (Å²) in [5.74, 6) is 0. The summed E-state index contributed by atoms with van der Waals surface area (Å²) < 4.78 is 10.5. The molecular weight excluding hydrogens is 152 g/mol. The predicted octanol–water partition coefficient (Wildman–Crippen LogP) is 1.56. The molecule has 1 fully saturated rings. The molecule has 0 aromatic heterocycles. The minimum absolute atomic E-state index is 0.129. The molecule has 1 atom stereocenters. The molecule has 2 nitrogen and oxygen atoms in total. The van der Waals surface area contributed by atoms with Crippen molar-refractivity contribution in [2.75, 3.05) is 20.3 Å². The van der Waals surface area contributed by atoms with Gasteiger partial charge in [-0.05, 0) is 5.56 Å². The molecule has 0 unspecified atom stereocenters. The summed E-state index contributed by atoms with van der Waals surface area (Å²) >= 11 is 0. The number of hydrogen-bond donors (Lipinski definition) is 0. The Hall–Kier alpha value is -0.860. The fraction of sp³-hybridized carbons (Fsp3) is 0.400. The number of ether oxygens (including phenoxy) is 2. The highest BCUT2D eigenvalue weighted by Gasteiger charge is 2.46. The Morgan fingerprint density at radius 2 is 2.08 bits per heavy atom. The van der Waals surface area contributed by atoms with Crippen LogP contribution in [0, 0.1) is 0 Å². The zero-order valence-electron chi connectivity index (χ0n) is 7.12. The van der Waals surface area contributed by atoms with Crippen molar-refractivity contribution < 1.29 is 9.47 Å². The summed E-state index contributed by atoms with van der Waals surface area (Å²) in [5.41, 5.74) is 1.09. The van der Waals surface area contributed by atoms with E-state index in [1.165, 1.54) is 5.56 Å². The Balaban J connectivity index is 2.19. The summed E-state index contributed by atoms with van der Waals surface area (Å²) in [5, 5.41) is 0. The molecule has 0 N–H and O–H groups in total. The van der Waals surface area contributed by atoms with E-state index < -0.39 is 0 Å². The average Bonchev–Trinajstić information content (AvgIpc) is 2.88. The minimum Gasteiger partial charge on any atom is -0.381 e. The van der Waals surface area contributed by atoms with Crippen LogP contribution in [-0.2, 0) is 15.1 Å². The maximum absolute atomic E-state index is 5.40. The van der Waals surface area contributed by atoms with E-state index in [1.807, 2.05) is 18.2 Å². The van der Waals surface area contributed by atoms with Crippen molar-refractivity contribution in [2.45, 2.75) is 5.60 Å². The zero-order chi connectivity index (χ0) is 8.44. The fourth-order valence-corrected chi connectivity index (χ4v) is 1.40. The van der Waals surface area contributed by atoms with Gasteiger partial charge in [0.25, 0.3) is 0 Å². The smallest absolute Gasteiger partial charge is 0.140 e. The summed E-state index contributed by atoms with van der Waals surface area (Å²) in [6.07, 6.45) is 0. The van der Waals surface area contributed by atoms with Crippen LogP contribution in [-0.4, -0.2) is 20.3 Å². The lowest BCUT2D eigenvalue weighted by Crippen LogP contribution is -2.15. The van der Waals surface area contributed by atoms with Crippen molar-refractivity contribution in [2.24, 2.45) is 0 Å². The van der Waals surface area contributed by atoms with E-state index in [9.17, 15) is 0 Å². The lowest BCUT2D eigenvalue weighted by atomic mass is 10.0. The van der Waals surface area contributed by atoms with E-state index in [1.54, 1.807) is 7.11 Å². The van der Waals surface area contributed by atoms with Crippen LogP contribution in [0.25, 0.3) is 0 Å². The highest BCUT2D eigenvalue weighted by Crippen LogP contribution is 2.38. The fourth-order valence-electron chi connectivity index (χ4n) is 1.40. The molecule has 0 amide bonds. The molecule has 0 aliphatic carbocycles. The molecule has 0 radical (unpaired) electrons. The second-order valence-electron chi connectivity index (χ2n) is 3.08. The highest BCUT2D eigenvalue weighted by molar-refractivity contribution is 5.26. The van der Waals surface area contributed by atoms with E-state index in [-0.39, 0.29) is 5.60 Å². The van der Waals surface area contributed by atoms with Crippen LogP contribution in [0.5, 0.6) is 0 Å². The average molecular weight is 164 g/mol. The molecule has 0 saturated carbocycles. The van der Waals surface area contributed by atoms with Crippen molar-refractivity contribution in [3.05, 3.63) is 35.9 Å². The van der Waals surface area contributed by atoms with Gasteiger partial charge in [0.05, 0.1) is 13.2 Å². The number of hydrogen-bond acceptors (Lipinski definition) is 2. The summed E-state index contributed by atoms with van der Waals surface area (Å²) in [6.45, 7) is 1.43. The van der Waals surface area contributed by atoms with Crippen molar-refractivity contribution in [3.63, 3.8) is 0 Å². The first-order valence-corrected chi connectivity index (χ1v) is 4.06. The first kappa shape index (κ1) is 7.77. The molecule has 1 aromatic carbocycles. The van der Waals surface area contributed by atoms with Gasteiger partial charge in [0.1, 0.15) is 5.60 Å². The van der Waals surface area contributed by atoms with Gasteiger partial charge in [-0.2, -0.15) is 0 Å². The molecule has 2 rings (SSSR count). The maximum Gasteiger partial charge on any atom is 0.140 e. The van der Waals surface area contributed by atoms with Crippen LogP contribution >= 0.6 is 0 Å². The van der Waals surface area contributed by atoms with E-state index in [0.29, 0.717) is 6.61 Å². The van der Waals surface area contributed by atoms with Crippen molar-refractivity contribution in [1.29, 1.82) is 0 Å². The summed E-state index contributed by atoms with van der Waals surface area (Å²) in [7, 11) is 1.70. The standard InChI is InChI=1S/C10H12O2/c1-11-7-10(8-12-10)9-5-3-2-4-6-9/h2-6H,7-8H2,1H3/t10-/m0/s1. The van der Waals surface area contributed by atoms with Gasteiger partial charge >= 0.3 is 0 Å². The molecule has 1 aliphatic rings. The number of methoxy groups -OCH3 is 1. The van der Waals surface area contributed by atoms with Gasteiger partial charge < -0.3 is 9.47 Å².